The van der Waals surface area contributed by atoms with Gasteiger partial charge in [-0.3, -0.25) is 19.7 Å². The van der Waals surface area contributed by atoms with E-state index >= 15 is 0 Å². The second kappa shape index (κ2) is 12.3. The molecule has 0 aliphatic heterocycles. The standard InChI is InChI=1S/C25H25FN4O6/c1-35-22-10-7-16(13-23(22)36-2)11-12-27-15-24(31)28-20-9-8-17(30(33)34)14-18(20)25(32)29-21-6-4-3-5-19(21)26/h3-10,13-14,27H,11-12,15H2,1-2H3,(H,28,31)(H,29,32). The average molecular weight is 496 g/mol. The van der Waals surface area contributed by atoms with E-state index in [1.54, 1.807) is 20.3 Å². The Labute approximate surface area is 206 Å². The number of nitrogens with one attached hydrogen (secondary N) is 3. The van der Waals surface area contributed by atoms with Gasteiger partial charge in [0.25, 0.3) is 11.6 Å². The van der Waals surface area contributed by atoms with Crippen LogP contribution in [0.2, 0.25) is 0 Å². The van der Waals surface area contributed by atoms with Gasteiger partial charge in [0.2, 0.25) is 5.91 Å². The molecule has 0 bridgehead atoms. The molecule has 0 aromatic heterocycles. The smallest absolute Gasteiger partial charge is 0.270 e. The monoisotopic (exact) mass is 496 g/mol. The number of rotatable bonds is 11. The minimum Gasteiger partial charge on any atom is -0.493 e. The zero-order valence-corrected chi connectivity index (χ0v) is 19.7. The van der Waals surface area contributed by atoms with Gasteiger partial charge in [-0.1, -0.05) is 18.2 Å². The number of non-ortho nitro benzene ring substituents is 1. The SMILES string of the molecule is COc1ccc(CCNCC(=O)Nc2ccc([N+](=O)[O-])cc2C(=O)Nc2ccccc2F)cc1OC. The van der Waals surface area contributed by atoms with Gasteiger partial charge in [-0.25, -0.2) is 4.39 Å². The lowest BCUT2D eigenvalue weighted by Crippen LogP contribution is -2.30. The summed E-state index contributed by atoms with van der Waals surface area (Å²) in [4.78, 5) is 35.8. The molecule has 3 rings (SSSR count). The normalized spacial score (nSPS) is 10.4. The van der Waals surface area contributed by atoms with E-state index in [1.807, 2.05) is 12.1 Å². The van der Waals surface area contributed by atoms with Gasteiger partial charge in [-0.05, 0) is 48.9 Å². The first-order valence-electron chi connectivity index (χ1n) is 10.9. The first kappa shape index (κ1) is 26.1. The number of nitro groups is 1. The van der Waals surface area contributed by atoms with Crippen molar-refractivity contribution in [2.45, 2.75) is 6.42 Å². The highest BCUT2D eigenvalue weighted by Gasteiger charge is 2.19. The number of methoxy groups -OCH3 is 2. The number of nitrogens with zero attached hydrogens (tertiary/aromatic N) is 1. The number of benzene rings is 3. The molecule has 0 aliphatic carbocycles. The van der Waals surface area contributed by atoms with Crippen molar-refractivity contribution in [3.8, 4) is 11.5 Å². The van der Waals surface area contributed by atoms with E-state index in [2.05, 4.69) is 16.0 Å². The van der Waals surface area contributed by atoms with Crippen molar-refractivity contribution in [2.24, 2.45) is 0 Å². The predicted molar refractivity (Wildman–Crippen MR) is 132 cm³/mol. The highest BCUT2D eigenvalue weighted by molar-refractivity contribution is 6.10. The van der Waals surface area contributed by atoms with Gasteiger partial charge < -0.3 is 25.4 Å². The second-order valence-electron chi connectivity index (χ2n) is 7.59. The van der Waals surface area contributed by atoms with Crippen LogP contribution in [0, 0.1) is 15.9 Å². The van der Waals surface area contributed by atoms with Crippen molar-refractivity contribution in [3.05, 3.63) is 87.7 Å². The van der Waals surface area contributed by atoms with Crippen LogP contribution in [-0.2, 0) is 11.2 Å². The Balaban J connectivity index is 1.63. The number of nitro benzene ring substituents is 1. The summed E-state index contributed by atoms with van der Waals surface area (Å²) in [5.74, 6) is -0.712. The molecule has 0 aliphatic rings. The predicted octanol–water partition coefficient (Wildman–Crippen LogP) is 3.77. The van der Waals surface area contributed by atoms with Crippen LogP contribution in [0.15, 0.2) is 60.7 Å². The quantitative estimate of drug-likeness (QED) is 0.209. The van der Waals surface area contributed by atoms with E-state index in [1.165, 1.54) is 36.4 Å². The molecule has 3 aromatic carbocycles. The van der Waals surface area contributed by atoms with Gasteiger partial charge >= 0.3 is 0 Å². The number of anilines is 2. The molecule has 0 radical (unpaired) electrons. The number of carbonyl (C=O) groups excluding carboxylic acids is 2. The summed E-state index contributed by atoms with van der Waals surface area (Å²) in [6.07, 6.45) is 0.613. The molecular weight excluding hydrogens is 471 g/mol. The van der Waals surface area contributed by atoms with Crippen molar-refractivity contribution in [1.29, 1.82) is 0 Å². The molecule has 188 valence electrons. The molecule has 3 N–H and O–H groups in total. The zero-order chi connectivity index (χ0) is 26.1. The van der Waals surface area contributed by atoms with Crippen LogP contribution in [0.1, 0.15) is 15.9 Å². The second-order valence-corrected chi connectivity index (χ2v) is 7.59. The third-order valence-corrected chi connectivity index (χ3v) is 5.18. The third-order valence-electron chi connectivity index (χ3n) is 5.18. The Bertz CT molecular complexity index is 1270. The Morgan fingerprint density at radius 3 is 2.39 bits per heavy atom. The first-order valence-corrected chi connectivity index (χ1v) is 10.9. The Kier molecular flexibility index (Phi) is 8.89. The summed E-state index contributed by atoms with van der Waals surface area (Å²) in [5, 5.41) is 19.1. The molecule has 36 heavy (non-hydrogen) atoms. The van der Waals surface area contributed by atoms with E-state index in [4.69, 9.17) is 9.47 Å². The number of ether oxygens (including phenoxy) is 2. The number of halogens is 1. The van der Waals surface area contributed by atoms with Gasteiger partial charge in [0, 0.05) is 12.1 Å². The van der Waals surface area contributed by atoms with Crippen molar-refractivity contribution >= 4 is 28.9 Å². The van der Waals surface area contributed by atoms with Gasteiger partial charge in [-0.2, -0.15) is 0 Å². The first-order chi connectivity index (χ1) is 17.3. The molecule has 3 aromatic rings. The van der Waals surface area contributed by atoms with Gasteiger partial charge in [0.15, 0.2) is 11.5 Å². The highest BCUT2D eigenvalue weighted by atomic mass is 19.1. The van der Waals surface area contributed by atoms with Gasteiger partial charge in [0.05, 0.1) is 42.6 Å². The maximum absolute atomic E-state index is 13.9. The summed E-state index contributed by atoms with van der Waals surface area (Å²) in [5.41, 5.74) is 0.415. The maximum Gasteiger partial charge on any atom is 0.270 e. The fraction of sp³-hybridized carbons (Fsp3) is 0.200. The summed E-state index contributed by atoms with van der Waals surface area (Å²) in [6.45, 7) is 0.405. The maximum atomic E-state index is 13.9. The van der Waals surface area contributed by atoms with E-state index in [0.29, 0.717) is 24.5 Å². The number of carbonyl (C=O) groups is 2. The zero-order valence-electron chi connectivity index (χ0n) is 19.7. The lowest BCUT2D eigenvalue weighted by molar-refractivity contribution is -0.384. The van der Waals surface area contributed by atoms with Crippen LogP contribution in [-0.4, -0.2) is 44.0 Å². The molecule has 0 saturated carbocycles. The van der Waals surface area contributed by atoms with Crippen molar-refractivity contribution in [3.63, 3.8) is 0 Å². The molecule has 0 heterocycles. The minimum atomic E-state index is -0.805. The van der Waals surface area contributed by atoms with Gasteiger partial charge in [0.1, 0.15) is 5.82 Å². The van der Waals surface area contributed by atoms with Crippen molar-refractivity contribution < 1.29 is 28.4 Å². The van der Waals surface area contributed by atoms with E-state index in [9.17, 15) is 24.1 Å². The molecule has 10 nitrogen and oxygen atoms in total. The highest BCUT2D eigenvalue weighted by Crippen LogP contribution is 2.27. The van der Waals surface area contributed by atoms with Crippen LogP contribution >= 0.6 is 0 Å². The third kappa shape index (κ3) is 6.76. The lowest BCUT2D eigenvalue weighted by atomic mass is 10.1. The molecule has 11 heteroatoms. The minimum absolute atomic E-state index is 0.0566. The molecule has 0 atom stereocenters. The van der Waals surface area contributed by atoms with Crippen LogP contribution in [0.4, 0.5) is 21.5 Å². The Morgan fingerprint density at radius 2 is 1.69 bits per heavy atom. The molecular formula is C25H25FN4O6. The summed E-state index contributed by atoms with van der Waals surface area (Å²) >= 11 is 0. The Hall–Kier alpha value is -4.51. The van der Waals surface area contributed by atoms with Crippen LogP contribution in [0.3, 0.4) is 0 Å². The number of hydrogen-bond donors (Lipinski definition) is 3. The number of hydrogen-bond acceptors (Lipinski definition) is 7. The van der Waals surface area contributed by atoms with Crippen LogP contribution < -0.4 is 25.4 Å². The van der Waals surface area contributed by atoms with E-state index < -0.39 is 22.6 Å². The summed E-state index contributed by atoms with van der Waals surface area (Å²) < 4.78 is 24.4. The molecule has 0 saturated heterocycles. The summed E-state index contributed by atoms with van der Waals surface area (Å²) in [7, 11) is 3.10. The molecule has 0 spiro atoms. The van der Waals surface area contributed by atoms with Crippen molar-refractivity contribution in [1.82, 2.24) is 5.32 Å². The average Bonchev–Trinajstić information content (AvgIpc) is 2.87. The molecule has 2 amide bonds. The van der Waals surface area contributed by atoms with E-state index in [-0.39, 0.29) is 29.2 Å². The van der Waals surface area contributed by atoms with Crippen LogP contribution in [0.25, 0.3) is 0 Å². The van der Waals surface area contributed by atoms with Gasteiger partial charge in [-0.15, -0.1) is 0 Å². The fourth-order valence-electron chi connectivity index (χ4n) is 3.36. The van der Waals surface area contributed by atoms with Crippen LogP contribution in [0.5, 0.6) is 11.5 Å². The molecule has 0 unspecified atom stereocenters. The fourth-order valence-corrected chi connectivity index (χ4v) is 3.36. The summed E-state index contributed by atoms with van der Waals surface area (Å²) in [6, 6.07) is 14.5. The topological polar surface area (TPSA) is 132 Å². The van der Waals surface area contributed by atoms with Crippen molar-refractivity contribution in [2.75, 3.05) is 37.9 Å². The lowest BCUT2D eigenvalue weighted by Gasteiger charge is -2.13. The number of amides is 2. The Morgan fingerprint density at radius 1 is 0.944 bits per heavy atom. The number of para-hydroxylation sites is 1. The largest absolute Gasteiger partial charge is 0.493 e. The van der Waals surface area contributed by atoms with E-state index in [0.717, 1.165) is 11.6 Å². The molecule has 0 fully saturated rings.